The fraction of sp³-hybridized carbons (Fsp3) is 0.438. The topological polar surface area (TPSA) is 8.81 Å². The summed E-state index contributed by atoms with van der Waals surface area (Å²) < 4.78 is 4.38. The Labute approximate surface area is 137 Å². The van der Waals surface area contributed by atoms with Crippen molar-refractivity contribution in [2.45, 2.75) is 45.6 Å². The van der Waals surface area contributed by atoms with Gasteiger partial charge in [0.25, 0.3) is 0 Å². The second-order valence-corrected chi connectivity index (χ2v) is 5.39. The molecule has 110 valence electrons. The summed E-state index contributed by atoms with van der Waals surface area (Å²) in [5.74, 6) is 0. The number of halogens is 2. The SMILES string of the molecule is CCCCCCC[n+]1ccn(-c2ccc(Cl)cc2)c1.[Br-]. The molecule has 0 saturated carbocycles. The van der Waals surface area contributed by atoms with Gasteiger partial charge >= 0.3 is 0 Å². The van der Waals surface area contributed by atoms with Gasteiger partial charge in [0.2, 0.25) is 6.33 Å². The van der Waals surface area contributed by atoms with Crippen LogP contribution in [0.3, 0.4) is 0 Å². The Morgan fingerprint density at radius 1 is 1.05 bits per heavy atom. The molecule has 2 aromatic rings. The lowest BCUT2D eigenvalue weighted by molar-refractivity contribution is -0.696. The first kappa shape index (κ1) is 17.3. The Balaban J connectivity index is 0.00000200. The molecule has 2 nitrogen and oxygen atoms in total. The number of imidazole rings is 1. The van der Waals surface area contributed by atoms with Crippen molar-refractivity contribution in [3.05, 3.63) is 48.0 Å². The molecule has 1 heterocycles. The summed E-state index contributed by atoms with van der Waals surface area (Å²) in [6.07, 6.45) is 13.0. The summed E-state index contributed by atoms with van der Waals surface area (Å²) in [5, 5.41) is 0.778. The molecule has 0 atom stereocenters. The summed E-state index contributed by atoms with van der Waals surface area (Å²) in [4.78, 5) is 0. The maximum Gasteiger partial charge on any atom is 0.248 e. The summed E-state index contributed by atoms with van der Waals surface area (Å²) in [5.41, 5.74) is 1.15. The van der Waals surface area contributed by atoms with Gasteiger partial charge in [0.05, 0.1) is 6.54 Å². The Bertz CT molecular complexity index is 493. The standard InChI is InChI=1S/C16H22ClN2.BrH/c1-2-3-4-5-6-11-18-12-13-19(14-18)16-9-7-15(17)8-10-16;/h7-10,12-14H,2-6,11H2,1H3;1H/q+1;/p-1. The highest BCUT2D eigenvalue weighted by Gasteiger charge is 2.05. The van der Waals surface area contributed by atoms with Crippen LogP contribution >= 0.6 is 11.6 Å². The third-order valence-corrected chi connectivity index (χ3v) is 3.59. The Hall–Kier alpha value is -0.800. The van der Waals surface area contributed by atoms with E-state index in [1.807, 2.05) is 24.3 Å². The Morgan fingerprint density at radius 2 is 1.75 bits per heavy atom. The van der Waals surface area contributed by atoms with Crippen molar-refractivity contribution in [2.24, 2.45) is 0 Å². The van der Waals surface area contributed by atoms with Crippen LogP contribution in [0.4, 0.5) is 0 Å². The zero-order valence-corrected chi connectivity index (χ0v) is 14.3. The number of unbranched alkanes of at least 4 members (excludes halogenated alkanes) is 4. The fourth-order valence-electron chi connectivity index (χ4n) is 2.19. The second kappa shape index (κ2) is 9.19. The van der Waals surface area contributed by atoms with E-state index < -0.39 is 0 Å². The third-order valence-electron chi connectivity index (χ3n) is 3.34. The van der Waals surface area contributed by atoms with Crippen molar-refractivity contribution < 1.29 is 21.5 Å². The third kappa shape index (κ3) is 5.29. The van der Waals surface area contributed by atoms with Crippen LogP contribution in [0.5, 0.6) is 0 Å². The molecule has 1 aromatic heterocycles. The molecular formula is C16H22BrClN2. The monoisotopic (exact) mass is 356 g/mol. The molecule has 0 amide bonds. The normalized spacial score (nSPS) is 10.3. The molecule has 0 aliphatic heterocycles. The summed E-state index contributed by atoms with van der Waals surface area (Å²) >= 11 is 5.90. The molecule has 0 fully saturated rings. The first-order chi connectivity index (χ1) is 9.29. The lowest BCUT2D eigenvalue weighted by atomic mass is 10.1. The lowest BCUT2D eigenvalue weighted by Gasteiger charge is -1.98. The Kier molecular flexibility index (Phi) is 7.93. The molecule has 0 saturated heterocycles. The molecule has 2 rings (SSSR count). The molecule has 0 N–H and O–H groups in total. The van der Waals surface area contributed by atoms with E-state index in [0.29, 0.717) is 0 Å². The van der Waals surface area contributed by atoms with Gasteiger partial charge in [-0.15, -0.1) is 0 Å². The van der Waals surface area contributed by atoms with Gasteiger partial charge < -0.3 is 17.0 Å². The molecule has 0 bridgehead atoms. The molecule has 20 heavy (non-hydrogen) atoms. The van der Waals surface area contributed by atoms with Gasteiger partial charge in [0, 0.05) is 5.02 Å². The van der Waals surface area contributed by atoms with Gasteiger partial charge in [-0.3, -0.25) is 0 Å². The molecule has 0 radical (unpaired) electrons. The minimum Gasteiger partial charge on any atom is -1.00 e. The van der Waals surface area contributed by atoms with E-state index in [2.05, 4.69) is 34.8 Å². The summed E-state index contributed by atoms with van der Waals surface area (Å²) in [7, 11) is 0. The van der Waals surface area contributed by atoms with Crippen molar-refractivity contribution in [3.8, 4) is 5.69 Å². The molecule has 0 aliphatic rings. The van der Waals surface area contributed by atoms with Crippen LogP contribution in [0.15, 0.2) is 43.0 Å². The van der Waals surface area contributed by atoms with Crippen molar-refractivity contribution >= 4 is 11.6 Å². The van der Waals surface area contributed by atoms with Crippen LogP contribution < -0.4 is 21.5 Å². The molecule has 4 heteroatoms. The van der Waals surface area contributed by atoms with Crippen molar-refractivity contribution in [2.75, 3.05) is 0 Å². The lowest BCUT2D eigenvalue weighted by Crippen LogP contribution is -3.00. The van der Waals surface area contributed by atoms with Crippen molar-refractivity contribution in [1.29, 1.82) is 0 Å². The van der Waals surface area contributed by atoms with E-state index in [1.165, 1.54) is 32.1 Å². The van der Waals surface area contributed by atoms with Crippen molar-refractivity contribution in [3.63, 3.8) is 0 Å². The highest BCUT2D eigenvalue weighted by Crippen LogP contribution is 2.12. The number of aromatic nitrogens is 2. The number of rotatable bonds is 7. The molecule has 0 spiro atoms. The maximum atomic E-state index is 5.90. The van der Waals surface area contributed by atoms with Crippen molar-refractivity contribution in [1.82, 2.24) is 4.57 Å². The largest absolute Gasteiger partial charge is 1.00 e. The van der Waals surface area contributed by atoms with Crippen LogP contribution in [0.25, 0.3) is 5.69 Å². The average Bonchev–Trinajstić information content (AvgIpc) is 2.88. The molecule has 0 unspecified atom stereocenters. The fourth-order valence-corrected chi connectivity index (χ4v) is 2.32. The van der Waals surface area contributed by atoms with E-state index in [1.54, 1.807) is 0 Å². The second-order valence-electron chi connectivity index (χ2n) is 4.95. The smallest absolute Gasteiger partial charge is 0.248 e. The van der Waals surface area contributed by atoms with Crippen LogP contribution in [-0.2, 0) is 6.54 Å². The van der Waals surface area contributed by atoms with Gasteiger partial charge in [-0.25, -0.2) is 9.13 Å². The minimum absolute atomic E-state index is 0. The summed E-state index contributed by atoms with van der Waals surface area (Å²) in [6, 6.07) is 7.92. The number of hydrogen-bond donors (Lipinski definition) is 0. The van der Waals surface area contributed by atoms with E-state index in [4.69, 9.17) is 11.6 Å². The number of benzene rings is 1. The zero-order valence-electron chi connectivity index (χ0n) is 11.9. The number of aryl methyl sites for hydroxylation is 1. The highest BCUT2D eigenvalue weighted by atomic mass is 79.9. The zero-order chi connectivity index (χ0) is 13.5. The quantitative estimate of drug-likeness (QED) is 0.523. The Morgan fingerprint density at radius 3 is 2.45 bits per heavy atom. The molecule has 1 aromatic carbocycles. The van der Waals surface area contributed by atoms with Gasteiger partial charge in [-0.1, -0.05) is 37.8 Å². The van der Waals surface area contributed by atoms with E-state index in [-0.39, 0.29) is 17.0 Å². The number of nitrogens with zero attached hydrogens (tertiary/aromatic N) is 2. The van der Waals surface area contributed by atoms with Gasteiger partial charge in [0.15, 0.2) is 0 Å². The average molecular weight is 358 g/mol. The number of hydrogen-bond acceptors (Lipinski definition) is 0. The van der Waals surface area contributed by atoms with Crippen LogP contribution in [0.1, 0.15) is 39.0 Å². The predicted octanol–water partition coefficient (Wildman–Crippen LogP) is 1.39. The van der Waals surface area contributed by atoms with Gasteiger partial charge in [-0.2, -0.15) is 0 Å². The van der Waals surface area contributed by atoms with Crippen LogP contribution in [0, 0.1) is 0 Å². The summed E-state index contributed by atoms with van der Waals surface area (Å²) in [6.45, 7) is 3.35. The van der Waals surface area contributed by atoms with E-state index in [9.17, 15) is 0 Å². The van der Waals surface area contributed by atoms with Gasteiger partial charge in [0.1, 0.15) is 18.1 Å². The van der Waals surface area contributed by atoms with Crippen LogP contribution in [0.2, 0.25) is 5.02 Å². The van der Waals surface area contributed by atoms with E-state index in [0.717, 1.165) is 17.3 Å². The van der Waals surface area contributed by atoms with E-state index >= 15 is 0 Å². The molecule has 0 aliphatic carbocycles. The predicted molar refractivity (Wildman–Crippen MR) is 79.7 cm³/mol. The first-order valence-corrected chi connectivity index (χ1v) is 7.50. The van der Waals surface area contributed by atoms with Crippen LogP contribution in [-0.4, -0.2) is 4.57 Å². The van der Waals surface area contributed by atoms with Gasteiger partial charge in [-0.05, 0) is 37.1 Å². The first-order valence-electron chi connectivity index (χ1n) is 7.12. The molecular weight excluding hydrogens is 336 g/mol. The minimum atomic E-state index is 0. The maximum absolute atomic E-state index is 5.90. The highest BCUT2D eigenvalue weighted by molar-refractivity contribution is 6.30.